The number of nitrogens with one attached hydrogen (secondary N) is 1. The van der Waals surface area contributed by atoms with Crippen molar-refractivity contribution in [2.45, 2.75) is 71.8 Å². The van der Waals surface area contributed by atoms with Crippen LogP contribution in [0.1, 0.15) is 53.0 Å². The Morgan fingerprint density at radius 3 is 2.41 bits per heavy atom. The standard InChI is InChI=1S/C22H32N2O5/c1-15(2)18(20(26)29-22(3,4)5)23-19(25)17-12-9-13-24(17)21(27)28-14-16-10-7-6-8-11-16/h6-8,10-11,15,17-18H,9,12-14H2,1-5H3,(H,23,25)/t17-,18+/m0/s1. The van der Waals surface area contributed by atoms with Crippen molar-refractivity contribution in [3.05, 3.63) is 35.9 Å². The van der Waals surface area contributed by atoms with Gasteiger partial charge in [0.15, 0.2) is 0 Å². The molecule has 2 rings (SSSR count). The average molecular weight is 405 g/mol. The maximum Gasteiger partial charge on any atom is 0.410 e. The van der Waals surface area contributed by atoms with E-state index in [1.807, 2.05) is 44.2 Å². The van der Waals surface area contributed by atoms with Crippen molar-refractivity contribution in [2.24, 2.45) is 5.92 Å². The molecule has 0 unspecified atom stereocenters. The summed E-state index contributed by atoms with van der Waals surface area (Å²) in [5, 5.41) is 2.78. The second kappa shape index (κ2) is 9.76. The van der Waals surface area contributed by atoms with Crippen molar-refractivity contribution in [3.8, 4) is 0 Å². The summed E-state index contributed by atoms with van der Waals surface area (Å²) in [5.41, 5.74) is 0.237. The summed E-state index contributed by atoms with van der Waals surface area (Å²) in [6.45, 7) is 9.63. The minimum Gasteiger partial charge on any atom is -0.458 e. The van der Waals surface area contributed by atoms with E-state index in [0.717, 1.165) is 5.56 Å². The van der Waals surface area contributed by atoms with Gasteiger partial charge in [-0.05, 0) is 45.1 Å². The summed E-state index contributed by atoms with van der Waals surface area (Å²) < 4.78 is 10.8. The zero-order valence-corrected chi connectivity index (χ0v) is 17.9. The molecule has 0 aliphatic carbocycles. The van der Waals surface area contributed by atoms with Gasteiger partial charge in [-0.2, -0.15) is 0 Å². The highest BCUT2D eigenvalue weighted by atomic mass is 16.6. The second-order valence-corrected chi connectivity index (χ2v) is 8.66. The average Bonchev–Trinajstić information content (AvgIpc) is 3.13. The molecule has 0 aromatic heterocycles. The molecule has 29 heavy (non-hydrogen) atoms. The van der Waals surface area contributed by atoms with Gasteiger partial charge in [0, 0.05) is 6.54 Å². The maximum absolute atomic E-state index is 12.9. The van der Waals surface area contributed by atoms with Gasteiger partial charge in [0.05, 0.1) is 0 Å². The molecule has 1 aliphatic heterocycles. The molecule has 0 spiro atoms. The topological polar surface area (TPSA) is 84.9 Å². The zero-order valence-electron chi connectivity index (χ0n) is 17.9. The number of hydrogen-bond donors (Lipinski definition) is 1. The predicted molar refractivity (Wildman–Crippen MR) is 109 cm³/mol. The lowest BCUT2D eigenvalue weighted by atomic mass is 10.0. The lowest BCUT2D eigenvalue weighted by molar-refractivity contribution is -0.160. The van der Waals surface area contributed by atoms with Crippen LogP contribution in [0.15, 0.2) is 30.3 Å². The highest BCUT2D eigenvalue weighted by molar-refractivity contribution is 5.90. The number of benzene rings is 1. The fraction of sp³-hybridized carbons (Fsp3) is 0.591. The first-order valence-corrected chi connectivity index (χ1v) is 10.1. The van der Waals surface area contributed by atoms with Crippen LogP contribution < -0.4 is 5.32 Å². The Balaban J connectivity index is 1.98. The Labute approximate surface area is 172 Å². The molecule has 2 amide bonds. The first kappa shape index (κ1) is 22.7. The van der Waals surface area contributed by atoms with Gasteiger partial charge in [0.1, 0.15) is 24.3 Å². The van der Waals surface area contributed by atoms with E-state index in [2.05, 4.69) is 5.32 Å². The highest BCUT2D eigenvalue weighted by Crippen LogP contribution is 2.20. The van der Waals surface area contributed by atoms with Crippen LogP contribution in [-0.2, 0) is 25.7 Å². The number of hydrogen-bond acceptors (Lipinski definition) is 5. The van der Waals surface area contributed by atoms with Crippen molar-refractivity contribution < 1.29 is 23.9 Å². The van der Waals surface area contributed by atoms with E-state index in [-0.39, 0.29) is 18.4 Å². The fourth-order valence-electron chi connectivity index (χ4n) is 3.17. The third-order valence-corrected chi connectivity index (χ3v) is 4.62. The third kappa shape index (κ3) is 6.76. The number of esters is 1. The zero-order chi connectivity index (χ0) is 21.6. The van der Waals surface area contributed by atoms with Gasteiger partial charge in [-0.25, -0.2) is 9.59 Å². The minimum absolute atomic E-state index is 0.145. The molecular weight excluding hydrogens is 372 g/mol. The molecule has 0 bridgehead atoms. The summed E-state index contributed by atoms with van der Waals surface area (Å²) in [6.07, 6.45) is 0.716. The van der Waals surface area contributed by atoms with Gasteiger partial charge in [-0.1, -0.05) is 44.2 Å². The number of ether oxygens (including phenoxy) is 2. The number of carbonyl (C=O) groups excluding carboxylic acids is 3. The van der Waals surface area contributed by atoms with E-state index in [9.17, 15) is 14.4 Å². The Morgan fingerprint density at radius 1 is 1.17 bits per heavy atom. The van der Waals surface area contributed by atoms with E-state index < -0.39 is 29.7 Å². The van der Waals surface area contributed by atoms with Crippen LogP contribution in [0.3, 0.4) is 0 Å². The summed E-state index contributed by atoms with van der Waals surface area (Å²) in [7, 11) is 0. The van der Waals surface area contributed by atoms with E-state index in [4.69, 9.17) is 9.47 Å². The first-order chi connectivity index (χ1) is 13.6. The molecule has 1 heterocycles. The fourth-order valence-corrected chi connectivity index (χ4v) is 3.17. The molecule has 1 saturated heterocycles. The molecule has 1 aromatic carbocycles. The highest BCUT2D eigenvalue weighted by Gasteiger charge is 2.38. The van der Waals surface area contributed by atoms with Gasteiger partial charge >= 0.3 is 12.1 Å². The van der Waals surface area contributed by atoms with Crippen LogP contribution in [0, 0.1) is 5.92 Å². The van der Waals surface area contributed by atoms with E-state index >= 15 is 0 Å². The van der Waals surface area contributed by atoms with Gasteiger partial charge in [-0.3, -0.25) is 9.69 Å². The molecule has 7 heteroatoms. The molecule has 7 nitrogen and oxygen atoms in total. The maximum atomic E-state index is 12.9. The summed E-state index contributed by atoms with van der Waals surface area (Å²) in [4.78, 5) is 39.3. The molecule has 160 valence electrons. The normalized spacial score (nSPS) is 17.7. The monoisotopic (exact) mass is 404 g/mol. The molecule has 1 aromatic rings. The smallest absolute Gasteiger partial charge is 0.410 e. The SMILES string of the molecule is CC(C)[C@@H](NC(=O)[C@@H]1CCCN1C(=O)OCc1ccccc1)C(=O)OC(C)(C)C. The lowest BCUT2D eigenvalue weighted by Crippen LogP contribution is -2.53. The van der Waals surface area contributed by atoms with Crippen LogP contribution in [0.25, 0.3) is 0 Å². The third-order valence-electron chi connectivity index (χ3n) is 4.62. The number of likely N-dealkylation sites (tertiary alicyclic amines) is 1. The summed E-state index contributed by atoms with van der Waals surface area (Å²) >= 11 is 0. The molecule has 1 N–H and O–H groups in total. The van der Waals surface area contributed by atoms with Gasteiger partial charge in [-0.15, -0.1) is 0 Å². The number of nitrogens with zero attached hydrogens (tertiary/aromatic N) is 1. The lowest BCUT2D eigenvalue weighted by Gasteiger charge is -2.29. The predicted octanol–water partition coefficient (Wildman–Crippen LogP) is 3.27. The summed E-state index contributed by atoms with van der Waals surface area (Å²) in [5.74, 6) is -0.977. The first-order valence-electron chi connectivity index (χ1n) is 10.1. The van der Waals surface area contributed by atoms with Crippen molar-refractivity contribution in [3.63, 3.8) is 0 Å². The molecule has 1 aliphatic rings. The van der Waals surface area contributed by atoms with Gasteiger partial charge < -0.3 is 14.8 Å². The van der Waals surface area contributed by atoms with Crippen molar-refractivity contribution in [2.75, 3.05) is 6.54 Å². The Bertz CT molecular complexity index is 712. The van der Waals surface area contributed by atoms with E-state index in [1.54, 1.807) is 20.8 Å². The molecule has 0 saturated carbocycles. The largest absolute Gasteiger partial charge is 0.458 e. The molecule has 1 fully saturated rings. The Kier molecular flexibility index (Phi) is 7.65. The number of carbonyl (C=O) groups is 3. The Hall–Kier alpha value is -2.57. The van der Waals surface area contributed by atoms with Crippen molar-refractivity contribution in [1.82, 2.24) is 10.2 Å². The van der Waals surface area contributed by atoms with Crippen LogP contribution >= 0.6 is 0 Å². The quantitative estimate of drug-likeness (QED) is 0.736. The number of rotatable bonds is 6. The van der Waals surface area contributed by atoms with Crippen LogP contribution in [0.5, 0.6) is 0 Å². The molecule has 2 atom stereocenters. The van der Waals surface area contributed by atoms with Crippen molar-refractivity contribution in [1.29, 1.82) is 0 Å². The van der Waals surface area contributed by atoms with E-state index in [1.165, 1.54) is 4.90 Å². The van der Waals surface area contributed by atoms with E-state index in [0.29, 0.717) is 19.4 Å². The van der Waals surface area contributed by atoms with Crippen LogP contribution in [-0.4, -0.2) is 47.1 Å². The van der Waals surface area contributed by atoms with Crippen LogP contribution in [0.2, 0.25) is 0 Å². The van der Waals surface area contributed by atoms with Crippen molar-refractivity contribution >= 4 is 18.0 Å². The Morgan fingerprint density at radius 2 is 1.83 bits per heavy atom. The second-order valence-electron chi connectivity index (χ2n) is 8.66. The molecular formula is C22H32N2O5. The minimum atomic E-state index is -0.774. The van der Waals surface area contributed by atoms with Crippen LogP contribution in [0.4, 0.5) is 4.79 Å². The molecule has 0 radical (unpaired) electrons. The number of amides is 2. The van der Waals surface area contributed by atoms with Gasteiger partial charge in [0.2, 0.25) is 5.91 Å². The van der Waals surface area contributed by atoms with Gasteiger partial charge in [0.25, 0.3) is 0 Å². The summed E-state index contributed by atoms with van der Waals surface area (Å²) in [6, 6.07) is 7.95.